The van der Waals surface area contributed by atoms with E-state index < -0.39 is 0 Å². The van der Waals surface area contributed by atoms with Gasteiger partial charge >= 0.3 is 0 Å². The van der Waals surface area contributed by atoms with Gasteiger partial charge in [-0.1, -0.05) is 27.4 Å². The largest absolute Gasteiger partial charge is 0.388 e. The highest BCUT2D eigenvalue weighted by molar-refractivity contribution is 5.00. The lowest BCUT2D eigenvalue weighted by molar-refractivity contribution is 0.176. The van der Waals surface area contributed by atoms with Crippen LogP contribution in [0.3, 0.4) is 0 Å². The van der Waals surface area contributed by atoms with Crippen LogP contribution in [0.2, 0.25) is 0 Å². The fraction of sp³-hybridized carbons (Fsp3) is 0.800. The number of rotatable bonds is 1. The fourth-order valence-electron chi connectivity index (χ4n) is 1.43. The number of allylic oxidation sites excluding steroid dienone is 1. The lowest BCUT2D eigenvalue weighted by Crippen LogP contribution is -2.39. The topological polar surface area (TPSA) is 12.0 Å². The molecule has 1 saturated heterocycles. The lowest BCUT2D eigenvalue weighted by atomic mass is 9.73. The average molecular weight is 153 g/mol. The zero-order valence-electron chi connectivity index (χ0n) is 7.91. The second-order valence-electron chi connectivity index (χ2n) is 4.27. The molecule has 0 amide bonds. The van der Waals surface area contributed by atoms with Crippen molar-refractivity contribution >= 4 is 0 Å². The summed E-state index contributed by atoms with van der Waals surface area (Å²) in [7, 11) is 0. The molecule has 1 nitrogen and oxygen atoms in total. The Morgan fingerprint density at radius 3 is 2.55 bits per heavy atom. The first-order valence-corrected chi connectivity index (χ1v) is 4.46. The highest BCUT2D eigenvalue weighted by Crippen LogP contribution is 2.35. The van der Waals surface area contributed by atoms with Gasteiger partial charge in [0, 0.05) is 12.2 Å². The second kappa shape index (κ2) is 2.88. The lowest BCUT2D eigenvalue weighted by Gasteiger charge is -2.38. The summed E-state index contributed by atoms with van der Waals surface area (Å²) in [4.78, 5) is 0. The van der Waals surface area contributed by atoms with Gasteiger partial charge in [-0.3, -0.25) is 0 Å². The summed E-state index contributed by atoms with van der Waals surface area (Å²) in [5.74, 6) is 0.767. The van der Waals surface area contributed by atoms with Crippen LogP contribution in [0.1, 0.15) is 33.6 Å². The van der Waals surface area contributed by atoms with Crippen LogP contribution < -0.4 is 5.32 Å². The van der Waals surface area contributed by atoms with Gasteiger partial charge in [-0.2, -0.15) is 0 Å². The highest BCUT2D eigenvalue weighted by Gasteiger charge is 2.30. The number of nitrogens with one attached hydrogen (secondary N) is 1. The van der Waals surface area contributed by atoms with Crippen molar-refractivity contribution in [1.82, 2.24) is 5.32 Å². The quantitative estimate of drug-likeness (QED) is 0.610. The molecular formula is C10H19N. The molecule has 1 rings (SSSR count). The average Bonchev–Trinajstić information content (AvgIpc) is 1.95. The van der Waals surface area contributed by atoms with Gasteiger partial charge in [0.2, 0.25) is 0 Å². The summed E-state index contributed by atoms with van der Waals surface area (Å²) < 4.78 is 0. The maximum atomic E-state index is 3.93. The molecule has 1 aliphatic heterocycles. The van der Waals surface area contributed by atoms with E-state index in [2.05, 4.69) is 32.7 Å². The Kier molecular flexibility index (Phi) is 2.26. The van der Waals surface area contributed by atoms with Crippen molar-refractivity contribution < 1.29 is 0 Å². The van der Waals surface area contributed by atoms with E-state index >= 15 is 0 Å². The van der Waals surface area contributed by atoms with E-state index in [1.54, 1.807) is 0 Å². The van der Waals surface area contributed by atoms with Crippen LogP contribution in [-0.4, -0.2) is 6.54 Å². The Hall–Kier alpha value is -0.460. The molecule has 0 aliphatic carbocycles. The van der Waals surface area contributed by atoms with Crippen LogP contribution in [0, 0.1) is 11.3 Å². The van der Waals surface area contributed by atoms with Crippen molar-refractivity contribution in [2.24, 2.45) is 11.3 Å². The Balaban J connectivity index is 2.55. The van der Waals surface area contributed by atoms with E-state index in [1.807, 2.05) is 0 Å². The molecule has 0 aromatic heterocycles. The predicted octanol–water partition coefficient (Wildman–Crippen LogP) is 2.55. The van der Waals surface area contributed by atoms with Gasteiger partial charge in [-0.25, -0.2) is 0 Å². The van der Waals surface area contributed by atoms with E-state index in [9.17, 15) is 0 Å². The van der Waals surface area contributed by atoms with Gasteiger partial charge < -0.3 is 5.32 Å². The first-order valence-electron chi connectivity index (χ1n) is 4.46. The van der Waals surface area contributed by atoms with Gasteiger partial charge in [0.25, 0.3) is 0 Å². The molecule has 64 valence electrons. The second-order valence-corrected chi connectivity index (χ2v) is 4.27. The molecule has 0 radical (unpaired) electrons. The van der Waals surface area contributed by atoms with E-state index in [0.717, 1.165) is 18.9 Å². The molecule has 1 heterocycles. The van der Waals surface area contributed by atoms with Crippen LogP contribution in [0.15, 0.2) is 12.3 Å². The molecule has 1 unspecified atom stereocenters. The number of hydrogen-bond acceptors (Lipinski definition) is 1. The standard InChI is InChI=1S/C10H19N/c1-8(2)10(4)6-5-9(3)11-7-10/h8,11H,3,5-7H2,1-2,4H3. The van der Waals surface area contributed by atoms with Gasteiger partial charge in [0.05, 0.1) is 0 Å². The first-order chi connectivity index (χ1) is 5.04. The summed E-state index contributed by atoms with van der Waals surface area (Å²) in [5.41, 5.74) is 1.70. The SMILES string of the molecule is C=C1CCC(C)(C(C)C)CN1. The fourth-order valence-corrected chi connectivity index (χ4v) is 1.43. The maximum absolute atomic E-state index is 3.93. The van der Waals surface area contributed by atoms with Crippen molar-refractivity contribution in [3.63, 3.8) is 0 Å². The third kappa shape index (κ3) is 1.76. The molecule has 1 aliphatic rings. The molecule has 0 aromatic carbocycles. The van der Waals surface area contributed by atoms with E-state index in [4.69, 9.17) is 0 Å². The van der Waals surface area contributed by atoms with E-state index in [1.165, 1.54) is 12.1 Å². The Bertz CT molecular complexity index is 148. The van der Waals surface area contributed by atoms with Crippen LogP contribution in [0.5, 0.6) is 0 Å². The van der Waals surface area contributed by atoms with E-state index in [-0.39, 0.29) is 0 Å². The molecule has 0 saturated carbocycles. The first kappa shape index (κ1) is 8.63. The zero-order valence-corrected chi connectivity index (χ0v) is 7.91. The predicted molar refractivity (Wildman–Crippen MR) is 49.3 cm³/mol. The molecule has 0 aromatic rings. The maximum Gasteiger partial charge on any atom is 0.0200 e. The van der Waals surface area contributed by atoms with Gasteiger partial charge in [-0.05, 0) is 24.2 Å². The summed E-state index contributed by atoms with van der Waals surface area (Å²) in [6.07, 6.45) is 2.44. The molecule has 1 fully saturated rings. The minimum absolute atomic E-state index is 0.487. The van der Waals surface area contributed by atoms with Crippen LogP contribution >= 0.6 is 0 Å². The molecule has 11 heavy (non-hydrogen) atoms. The van der Waals surface area contributed by atoms with Gasteiger partial charge in [0.15, 0.2) is 0 Å². The summed E-state index contributed by atoms with van der Waals surface area (Å²) in [5, 5.41) is 3.36. The Morgan fingerprint density at radius 1 is 1.55 bits per heavy atom. The molecule has 0 spiro atoms. The minimum atomic E-state index is 0.487. The van der Waals surface area contributed by atoms with Crippen LogP contribution in [-0.2, 0) is 0 Å². The zero-order chi connectivity index (χ0) is 8.48. The van der Waals surface area contributed by atoms with Crippen molar-refractivity contribution in [3.05, 3.63) is 12.3 Å². The minimum Gasteiger partial charge on any atom is -0.388 e. The molecule has 0 bridgehead atoms. The smallest absolute Gasteiger partial charge is 0.0200 e. The monoisotopic (exact) mass is 153 g/mol. The number of hydrogen-bond donors (Lipinski definition) is 1. The number of piperidine rings is 1. The molecule has 1 N–H and O–H groups in total. The normalized spacial score (nSPS) is 32.2. The van der Waals surface area contributed by atoms with Crippen LogP contribution in [0.25, 0.3) is 0 Å². The van der Waals surface area contributed by atoms with Crippen molar-refractivity contribution in [2.45, 2.75) is 33.6 Å². The molecular weight excluding hydrogens is 134 g/mol. The highest BCUT2D eigenvalue weighted by atomic mass is 14.9. The molecule has 1 heteroatoms. The van der Waals surface area contributed by atoms with Crippen LogP contribution in [0.4, 0.5) is 0 Å². The molecule has 1 atom stereocenters. The van der Waals surface area contributed by atoms with E-state index in [0.29, 0.717) is 5.41 Å². The van der Waals surface area contributed by atoms with Crippen molar-refractivity contribution in [3.8, 4) is 0 Å². The van der Waals surface area contributed by atoms with Crippen molar-refractivity contribution in [2.75, 3.05) is 6.54 Å². The Morgan fingerprint density at radius 2 is 2.18 bits per heavy atom. The Labute approximate surface area is 69.9 Å². The third-order valence-electron chi connectivity index (χ3n) is 3.13. The summed E-state index contributed by atoms with van der Waals surface area (Å²) in [6, 6.07) is 0. The summed E-state index contributed by atoms with van der Waals surface area (Å²) in [6.45, 7) is 12.0. The van der Waals surface area contributed by atoms with Gasteiger partial charge in [-0.15, -0.1) is 0 Å². The summed E-state index contributed by atoms with van der Waals surface area (Å²) >= 11 is 0. The third-order valence-corrected chi connectivity index (χ3v) is 3.13. The van der Waals surface area contributed by atoms with Gasteiger partial charge in [0.1, 0.15) is 0 Å². The van der Waals surface area contributed by atoms with Crippen molar-refractivity contribution in [1.29, 1.82) is 0 Å².